The van der Waals surface area contributed by atoms with Crippen LogP contribution in [0.15, 0.2) is 30.3 Å². The summed E-state index contributed by atoms with van der Waals surface area (Å²) < 4.78 is 0. The summed E-state index contributed by atoms with van der Waals surface area (Å²) >= 11 is 0. The van der Waals surface area contributed by atoms with E-state index in [1.807, 2.05) is 24.3 Å². The van der Waals surface area contributed by atoms with Crippen molar-refractivity contribution in [2.75, 3.05) is 25.4 Å². The molecule has 2 aromatic rings. The van der Waals surface area contributed by atoms with E-state index < -0.39 is 0 Å². The highest BCUT2D eigenvalue weighted by molar-refractivity contribution is 6.01. The first-order chi connectivity index (χ1) is 10.1. The standard InChI is InChI=1S/C15H16N4O2/c16-14-11-5-2-1-4-10(11)8-12(18-14)15(21)19-7-3-6-17-13(20)9-19/h1-2,4-5,8H,3,6-7,9H2,(H2,16,18)(H,17,20). The summed E-state index contributed by atoms with van der Waals surface area (Å²) in [7, 11) is 0. The Balaban J connectivity index is 1.95. The first kappa shape index (κ1) is 13.4. The first-order valence-corrected chi connectivity index (χ1v) is 6.86. The van der Waals surface area contributed by atoms with Crippen LogP contribution in [0.5, 0.6) is 0 Å². The number of amides is 2. The zero-order chi connectivity index (χ0) is 14.8. The number of aromatic nitrogens is 1. The fraction of sp³-hybridized carbons (Fsp3) is 0.267. The molecule has 2 heterocycles. The van der Waals surface area contributed by atoms with Crippen molar-refractivity contribution in [1.29, 1.82) is 0 Å². The number of carbonyl (C=O) groups is 2. The van der Waals surface area contributed by atoms with Gasteiger partial charge in [0.1, 0.15) is 11.5 Å². The fourth-order valence-corrected chi connectivity index (χ4v) is 2.48. The van der Waals surface area contributed by atoms with Gasteiger partial charge in [0.05, 0.1) is 6.54 Å². The SMILES string of the molecule is Nc1nc(C(=O)N2CCCNC(=O)C2)cc2ccccc12. The van der Waals surface area contributed by atoms with E-state index in [-0.39, 0.29) is 24.1 Å². The molecule has 6 nitrogen and oxygen atoms in total. The van der Waals surface area contributed by atoms with Crippen molar-refractivity contribution in [3.63, 3.8) is 0 Å². The van der Waals surface area contributed by atoms with E-state index >= 15 is 0 Å². The van der Waals surface area contributed by atoms with Crippen molar-refractivity contribution < 1.29 is 9.59 Å². The van der Waals surface area contributed by atoms with Crippen LogP contribution < -0.4 is 11.1 Å². The van der Waals surface area contributed by atoms with Crippen LogP contribution in [0.25, 0.3) is 10.8 Å². The van der Waals surface area contributed by atoms with E-state index in [1.54, 1.807) is 6.07 Å². The zero-order valence-corrected chi connectivity index (χ0v) is 11.5. The van der Waals surface area contributed by atoms with Gasteiger partial charge in [-0.3, -0.25) is 9.59 Å². The van der Waals surface area contributed by atoms with E-state index in [9.17, 15) is 9.59 Å². The average molecular weight is 284 g/mol. The number of hydrogen-bond donors (Lipinski definition) is 2. The molecule has 1 aromatic carbocycles. The lowest BCUT2D eigenvalue weighted by atomic mass is 10.1. The second kappa shape index (κ2) is 5.40. The Morgan fingerprint density at radius 1 is 1.33 bits per heavy atom. The molecular weight excluding hydrogens is 268 g/mol. The van der Waals surface area contributed by atoms with Gasteiger partial charge in [-0.15, -0.1) is 0 Å². The topological polar surface area (TPSA) is 88.3 Å². The zero-order valence-electron chi connectivity index (χ0n) is 11.5. The van der Waals surface area contributed by atoms with Crippen molar-refractivity contribution in [2.45, 2.75) is 6.42 Å². The smallest absolute Gasteiger partial charge is 0.273 e. The third-order valence-corrected chi connectivity index (χ3v) is 3.54. The van der Waals surface area contributed by atoms with Gasteiger partial charge in [0.25, 0.3) is 5.91 Å². The summed E-state index contributed by atoms with van der Waals surface area (Å²) in [6.07, 6.45) is 0.737. The first-order valence-electron chi connectivity index (χ1n) is 6.86. The number of nitrogens with two attached hydrogens (primary N) is 1. The fourth-order valence-electron chi connectivity index (χ4n) is 2.48. The van der Waals surface area contributed by atoms with E-state index in [0.717, 1.165) is 17.2 Å². The largest absolute Gasteiger partial charge is 0.383 e. The lowest BCUT2D eigenvalue weighted by Crippen LogP contribution is -2.37. The summed E-state index contributed by atoms with van der Waals surface area (Å²) in [4.78, 5) is 29.8. The van der Waals surface area contributed by atoms with E-state index in [2.05, 4.69) is 10.3 Å². The molecule has 0 spiro atoms. The van der Waals surface area contributed by atoms with Gasteiger partial charge in [0.2, 0.25) is 5.91 Å². The molecule has 1 saturated heterocycles. The molecule has 1 aliphatic heterocycles. The minimum Gasteiger partial charge on any atom is -0.383 e. The van der Waals surface area contributed by atoms with Crippen LogP contribution in [0.2, 0.25) is 0 Å². The monoisotopic (exact) mass is 284 g/mol. The summed E-state index contributed by atoms with van der Waals surface area (Å²) in [6, 6.07) is 9.23. The minimum absolute atomic E-state index is 0.0627. The van der Waals surface area contributed by atoms with Crippen molar-refractivity contribution >= 4 is 28.4 Å². The molecule has 2 amide bonds. The predicted molar refractivity (Wildman–Crippen MR) is 79.7 cm³/mol. The van der Waals surface area contributed by atoms with Crippen LogP contribution in [-0.2, 0) is 4.79 Å². The highest BCUT2D eigenvalue weighted by Crippen LogP contribution is 2.20. The van der Waals surface area contributed by atoms with Crippen LogP contribution in [0.1, 0.15) is 16.9 Å². The number of pyridine rings is 1. The van der Waals surface area contributed by atoms with E-state index in [1.165, 1.54) is 4.90 Å². The van der Waals surface area contributed by atoms with Crippen LogP contribution >= 0.6 is 0 Å². The molecule has 0 atom stereocenters. The van der Waals surface area contributed by atoms with Crippen molar-refractivity contribution in [3.8, 4) is 0 Å². The molecule has 6 heteroatoms. The van der Waals surface area contributed by atoms with Gasteiger partial charge in [0, 0.05) is 18.5 Å². The third kappa shape index (κ3) is 2.65. The molecule has 0 bridgehead atoms. The molecular formula is C15H16N4O2. The molecule has 0 unspecified atom stereocenters. The van der Waals surface area contributed by atoms with Gasteiger partial charge >= 0.3 is 0 Å². The summed E-state index contributed by atoms with van der Waals surface area (Å²) in [5, 5.41) is 4.43. The van der Waals surface area contributed by atoms with Crippen LogP contribution in [0.3, 0.4) is 0 Å². The Morgan fingerprint density at radius 3 is 3.00 bits per heavy atom. The third-order valence-electron chi connectivity index (χ3n) is 3.54. The molecule has 3 rings (SSSR count). The number of nitrogens with one attached hydrogen (secondary N) is 1. The maximum atomic E-state index is 12.5. The molecule has 1 aromatic heterocycles. The lowest BCUT2D eigenvalue weighted by molar-refractivity contribution is -0.121. The number of hydrogen-bond acceptors (Lipinski definition) is 4. The number of fused-ring (bicyclic) bond motifs is 1. The highest BCUT2D eigenvalue weighted by atomic mass is 16.2. The normalized spacial score (nSPS) is 15.6. The number of anilines is 1. The Kier molecular flexibility index (Phi) is 3.43. The van der Waals surface area contributed by atoms with Gasteiger partial charge in [-0.2, -0.15) is 0 Å². The minimum atomic E-state index is -0.260. The van der Waals surface area contributed by atoms with Gasteiger partial charge in [-0.25, -0.2) is 4.98 Å². The van der Waals surface area contributed by atoms with Gasteiger partial charge in [-0.1, -0.05) is 24.3 Å². The number of nitrogen functional groups attached to an aromatic ring is 1. The summed E-state index contributed by atoms with van der Waals surface area (Å²) in [5.74, 6) is -0.0742. The van der Waals surface area contributed by atoms with Crippen LogP contribution in [-0.4, -0.2) is 41.3 Å². The Bertz CT molecular complexity index is 714. The van der Waals surface area contributed by atoms with Gasteiger partial charge in [-0.05, 0) is 17.9 Å². The number of nitrogens with zero attached hydrogens (tertiary/aromatic N) is 2. The number of benzene rings is 1. The van der Waals surface area contributed by atoms with Crippen molar-refractivity contribution in [3.05, 3.63) is 36.0 Å². The molecule has 1 fully saturated rings. The highest BCUT2D eigenvalue weighted by Gasteiger charge is 2.22. The molecule has 21 heavy (non-hydrogen) atoms. The quantitative estimate of drug-likeness (QED) is 0.810. The molecule has 0 radical (unpaired) electrons. The lowest BCUT2D eigenvalue weighted by Gasteiger charge is -2.18. The summed E-state index contributed by atoms with van der Waals surface area (Å²) in [6.45, 7) is 1.19. The van der Waals surface area contributed by atoms with Gasteiger partial charge < -0.3 is 16.0 Å². The molecule has 1 aliphatic rings. The van der Waals surface area contributed by atoms with Crippen LogP contribution in [0, 0.1) is 0 Å². The van der Waals surface area contributed by atoms with E-state index in [4.69, 9.17) is 5.73 Å². The molecule has 0 aliphatic carbocycles. The molecule has 108 valence electrons. The van der Waals surface area contributed by atoms with Crippen LogP contribution in [0.4, 0.5) is 5.82 Å². The predicted octanol–water partition coefficient (Wildman–Crippen LogP) is 0.779. The second-order valence-electron chi connectivity index (χ2n) is 5.04. The Hall–Kier alpha value is -2.63. The molecule has 3 N–H and O–H groups in total. The Labute approximate surface area is 121 Å². The maximum absolute atomic E-state index is 12.5. The van der Waals surface area contributed by atoms with Gasteiger partial charge in [0.15, 0.2) is 0 Å². The number of rotatable bonds is 1. The Morgan fingerprint density at radius 2 is 2.14 bits per heavy atom. The maximum Gasteiger partial charge on any atom is 0.273 e. The average Bonchev–Trinajstić information content (AvgIpc) is 2.71. The molecule has 0 saturated carbocycles. The van der Waals surface area contributed by atoms with E-state index in [0.29, 0.717) is 18.9 Å². The van der Waals surface area contributed by atoms with Crippen molar-refractivity contribution in [2.24, 2.45) is 0 Å². The van der Waals surface area contributed by atoms with Crippen molar-refractivity contribution in [1.82, 2.24) is 15.2 Å². The second-order valence-corrected chi connectivity index (χ2v) is 5.04. The summed E-state index contributed by atoms with van der Waals surface area (Å²) in [5.41, 5.74) is 6.20. The number of carbonyl (C=O) groups excluding carboxylic acids is 2.